The van der Waals surface area contributed by atoms with Gasteiger partial charge in [-0.2, -0.15) is 9.49 Å². The summed E-state index contributed by atoms with van der Waals surface area (Å²) in [6.45, 7) is 0. The van der Waals surface area contributed by atoms with Crippen molar-refractivity contribution < 1.29 is 21.2 Å². The number of aromatic amines is 2. The number of hydrogen-bond donors (Lipinski definition) is 2. The first-order chi connectivity index (χ1) is 17.5. The van der Waals surface area contributed by atoms with Gasteiger partial charge in [-0.05, 0) is 30.3 Å². The fourth-order valence-corrected chi connectivity index (χ4v) is 7.36. The predicted octanol–water partition coefficient (Wildman–Crippen LogP) is 4.05. The summed E-state index contributed by atoms with van der Waals surface area (Å²) in [5, 5.41) is 7.85. The molecule has 14 heteroatoms. The zero-order valence-corrected chi connectivity index (χ0v) is 21.7. The summed E-state index contributed by atoms with van der Waals surface area (Å²) >= 11 is 1.06. The molecule has 0 amide bonds. The highest BCUT2D eigenvalue weighted by atomic mass is 32.2. The number of nitrogens with one attached hydrogen (secondary N) is 2. The molecule has 5 heterocycles. The number of H-pyrrole nitrogens is 2. The lowest BCUT2D eigenvalue weighted by molar-refractivity contribution is 0.574. The van der Waals surface area contributed by atoms with Crippen molar-refractivity contribution in [2.75, 3.05) is 12.5 Å². The number of thiophene rings is 1. The first kappa shape index (κ1) is 23.5. The van der Waals surface area contributed by atoms with Crippen molar-refractivity contribution >= 4 is 53.1 Å². The molecule has 0 radical (unpaired) electrons. The summed E-state index contributed by atoms with van der Waals surface area (Å²) in [6.07, 6.45) is 4.40. The highest BCUT2D eigenvalue weighted by Gasteiger charge is 2.26. The van der Waals surface area contributed by atoms with Crippen molar-refractivity contribution in [1.29, 1.82) is 0 Å². The Morgan fingerprint density at radius 1 is 0.973 bits per heavy atom. The molecule has 0 spiro atoms. The minimum Gasteiger partial charge on any atom is -0.353 e. The van der Waals surface area contributed by atoms with Crippen LogP contribution in [0.1, 0.15) is 0 Å². The van der Waals surface area contributed by atoms with Gasteiger partial charge in [-0.3, -0.25) is 5.10 Å². The summed E-state index contributed by atoms with van der Waals surface area (Å²) in [4.78, 5) is 12.3. The Labute approximate surface area is 213 Å². The van der Waals surface area contributed by atoms with Crippen molar-refractivity contribution in [1.82, 2.24) is 29.1 Å². The van der Waals surface area contributed by atoms with Gasteiger partial charge >= 0.3 is 0 Å². The van der Waals surface area contributed by atoms with Crippen molar-refractivity contribution in [2.45, 2.75) is 5.16 Å². The molecule has 188 valence electrons. The monoisotopic (exact) mass is 556 g/mol. The van der Waals surface area contributed by atoms with Crippen LogP contribution in [0.5, 0.6) is 0 Å². The molecule has 5 aromatic heterocycles. The van der Waals surface area contributed by atoms with E-state index < -0.39 is 25.0 Å². The Balaban J connectivity index is 1.53. The number of halogens is 1. The Hall–Kier alpha value is -3.88. The van der Waals surface area contributed by atoms with Crippen LogP contribution in [-0.2, 0) is 19.9 Å². The molecule has 0 fully saturated rings. The Kier molecular flexibility index (Phi) is 5.12. The maximum Gasteiger partial charge on any atom is 0.241 e. The average Bonchev–Trinajstić information content (AvgIpc) is 3.60. The maximum atomic E-state index is 13.7. The van der Waals surface area contributed by atoms with E-state index in [1.54, 1.807) is 12.1 Å². The van der Waals surface area contributed by atoms with Gasteiger partial charge in [0.2, 0.25) is 25.0 Å². The average molecular weight is 557 g/mol. The number of hydrogen-bond acceptors (Lipinski definition) is 8. The van der Waals surface area contributed by atoms with Crippen LogP contribution in [0.3, 0.4) is 0 Å². The fourth-order valence-electron chi connectivity index (χ4n) is 4.29. The molecule has 6 aromatic rings. The number of aromatic nitrogens is 6. The van der Waals surface area contributed by atoms with Gasteiger partial charge in [0.25, 0.3) is 0 Å². The largest absolute Gasteiger partial charge is 0.353 e. The second kappa shape index (κ2) is 8.06. The van der Waals surface area contributed by atoms with Gasteiger partial charge in [0.1, 0.15) is 0 Å². The summed E-state index contributed by atoms with van der Waals surface area (Å²) < 4.78 is 63.7. The van der Waals surface area contributed by atoms with Crippen molar-refractivity contribution in [3.05, 3.63) is 60.0 Å². The van der Waals surface area contributed by atoms with Crippen LogP contribution in [0.4, 0.5) is 4.39 Å². The molecule has 1 aromatic carbocycles. The standard InChI is InChI=1S/C23H17FN6O4S3/c1-36(31,32)23-26-11-18(30(23)37(2,33)34)12-8-15-21(28-29-22(15)25-10-12)17-9-14-13(4-3-5-16(14)27-17)19-6-7-20(24)35-19/h3-11,27H,1-2H3,(H,25,28,29). The van der Waals surface area contributed by atoms with E-state index in [-0.39, 0.29) is 10.8 Å². The predicted molar refractivity (Wildman–Crippen MR) is 139 cm³/mol. The van der Waals surface area contributed by atoms with E-state index in [1.165, 1.54) is 18.5 Å². The van der Waals surface area contributed by atoms with Gasteiger partial charge in [0, 0.05) is 44.7 Å². The van der Waals surface area contributed by atoms with E-state index in [2.05, 4.69) is 25.1 Å². The summed E-state index contributed by atoms with van der Waals surface area (Å²) in [7, 11) is -7.93. The van der Waals surface area contributed by atoms with Crippen LogP contribution in [0.25, 0.3) is 55.0 Å². The molecule has 6 rings (SSSR count). The minimum absolute atomic E-state index is 0.0585. The van der Waals surface area contributed by atoms with E-state index in [1.807, 2.05) is 24.3 Å². The molecular weight excluding hydrogens is 539 g/mol. The Bertz CT molecular complexity index is 2070. The van der Waals surface area contributed by atoms with Gasteiger partial charge in [-0.15, -0.1) is 11.3 Å². The molecule has 0 aliphatic rings. The molecular formula is C23H17FN6O4S3. The van der Waals surface area contributed by atoms with Crippen LogP contribution in [0.2, 0.25) is 0 Å². The first-order valence-corrected chi connectivity index (χ1v) is 15.3. The second-order valence-electron chi connectivity index (χ2n) is 8.47. The van der Waals surface area contributed by atoms with Gasteiger partial charge in [0.15, 0.2) is 10.8 Å². The minimum atomic E-state index is -4.01. The van der Waals surface area contributed by atoms with Gasteiger partial charge < -0.3 is 4.98 Å². The van der Waals surface area contributed by atoms with E-state index in [4.69, 9.17) is 0 Å². The summed E-state index contributed by atoms with van der Waals surface area (Å²) in [5.74, 6) is 0. The molecule has 37 heavy (non-hydrogen) atoms. The van der Waals surface area contributed by atoms with Crippen LogP contribution < -0.4 is 0 Å². The third-order valence-electron chi connectivity index (χ3n) is 5.83. The molecule has 0 saturated heterocycles. The third kappa shape index (κ3) is 3.93. The Morgan fingerprint density at radius 2 is 1.78 bits per heavy atom. The van der Waals surface area contributed by atoms with E-state index in [0.717, 1.165) is 45.2 Å². The number of rotatable bonds is 5. The zero-order valence-electron chi connectivity index (χ0n) is 19.2. The van der Waals surface area contributed by atoms with Crippen molar-refractivity contribution in [3.63, 3.8) is 0 Å². The number of pyridine rings is 1. The highest BCUT2D eigenvalue weighted by molar-refractivity contribution is 7.92. The summed E-state index contributed by atoms with van der Waals surface area (Å²) in [6, 6.07) is 12.5. The maximum absolute atomic E-state index is 13.7. The quantitative estimate of drug-likeness (QED) is 0.326. The van der Waals surface area contributed by atoms with Crippen LogP contribution in [0, 0.1) is 5.13 Å². The fraction of sp³-hybridized carbons (Fsp3) is 0.0870. The Morgan fingerprint density at radius 3 is 2.49 bits per heavy atom. The molecule has 0 atom stereocenters. The van der Waals surface area contributed by atoms with Crippen molar-refractivity contribution in [3.8, 4) is 33.1 Å². The van der Waals surface area contributed by atoms with E-state index >= 15 is 0 Å². The molecule has 0 aliphatic carbocycles. The van der Waals surface area contributed by atoms with E-state index in [0.29, 0.717) is 32.0 Å². The molecule has 0 saturated carbocycles. The number of benzene rings is 1. The van der Waals surface area contributed by atoms with E-state index in [9.17, 15) is 21.2 Å². The highest BCUT2D eigenvalue weighted by Crippen LogP contribution is 2.37. The molecule has 10 nitrogen and oxygen atoms in total. The number of fused-ring (bicyclic) bond motifs is 2. The van der Waals surface area contributed by atoms with Gasteiger partial charge in [0.05, 0.1) is 29.5 Å². The SMILES string of the molecule is CS(=O)(=O)c1ncc(-c2cnc3n[nH]c(-c4cc5c(-c6ccc(F)s6)cccc5[nH]4)c3c2)n1S(C)(=O)=O. The lowest BCUT2D eigenvalue weighted by Crippen LogP contribution is -2.17. The van der Waals surface area contributed by atoms with Crippen LogP contribution >= 0.6 is 11.3 Å². The zero-order chi connectivity index (χ0) is 26.1. The van der Waals surface area contributed by atoms with Crippen molar-refractivity contribution in [2.24, 2.45) is 0 Å². The van der Waals surface area contributed by atoms with Crippen LogP contribution in [-0.4, -0.2) is 58.5 Å². The first-order valence-electron chi connectivity index (χ1n) is 10.7. The topological polar surface area (TPSA) is 143 Å². The molecule has 2 N–H and O–H groups in total. The third-order valence-corrected chi connectivity index (χ3v) is 8.84. The lowest BCUT2D eigenvalue weighted by atomic mass is 10.1. The van der Waals surface area contributed by atoms with Crippen LogP contribution in [0.15, 0.2) is 60.0 Å². The summed E-state index contributed by atoms with van der Waals surface area (Å²) in [5.41, 5.74) is 3.78. The number of imidazole rings is 1. The van der Waals surface area contributed by atoms with Gasteiger partial charge in [-0.1, -0.05) is 12.1 Å². The number of nitrogens with zero attached hydrogens (tertiary/aromatic N) is 4. The lowest BCUT2D eigenvalue weighted by Gasteiger charge is -2.08. The molecule has 0 bridgehead atoms. The molecule has 0 unspecified atom stereocenters. The van der Waals surface area contributed by atoms with Gasteiger partial charge in [-0.25, -0.2) is 30.8 Å². The smallest absolute Gasteiger partial charge is 0.241 e. The normalized spacial score (nSPS) is 12.6. The second-order valence-corrected chi connectivity index (χ2v) is 13.2. The molecule has 0 aliphatic heterocycles. The number of sulfone groups is 1.